The molecule has 0 unspecified atom stereocenters. The van der Waals surface area contributed by atoms with E-state index < -0.39 is 140 Å². The molecule has 0 aliphatic rings. The molecule has 1 aromatic heterocycles. The van der Waals surface area contributed by atoms with Crippen molar-refractivity contribution in [2.75, 3.05) is 0 Å². The zero-order valence-corrected chi connectivity index (χ0v) is 34.8. The number of hydrogen-bond acceptors (Lipinski definition) is 13. The fourth-order valence-electron chi connectivity index (χ4n) is 6.34. The Labute approximate surface area is 370 Å². The van der Waals surface area contributed by atoms with Crippen LogP contribution in [0.5, 0.6) is 0 Å². The van der Waals surface area contributed by atoms with Crippen molar-refractivity contribution >= 4 is 76.4 Å². The van der Waals surface area contributed by atoms with Gasteiger partial charge in [-0.05, 0) is 36.5 Å². The molecule has 16 N–H and O–H groups in total. The molecule has 0 bridgehead atoms. The van der Waals surface area contributed by atoms with E-state index in [1.807, 2.05) is 0 Å². The number of H-pyrrole nitrogens is 1. The second-order valence-corrected chi connectivity index (χ2v) is 14.9. The molecule has 1 heterocycles. The molecule has 3 aromatic rings. The first kappa shape index (κ1) is 51.6. The number of carbonyl (C=O) groups excluding carboxylic acids is 8. The molecule has 65 heavy (non-hydrogen) atoms. The highest BCUT2D eigenvalue weighted by Gasteiger charge is 2.33. The molecule has 0 fully saturated rings. The number of nitrogens with one attached hydrogen (secondary N) is 7. The number of para-hydroxylation sites is 1. The minimum absolute atomic E-state index is 0.0678. The summed E-state index contributed by atoms with van der Waals surface area (Å²) in [5.74, 6) is -11.5. The minimum atomic E-state index is -1.95. The summed E-state index contributed by atoms with van der Waals surface area (Å²) in [5, 5.41) is 42.6. The van der Waals surface area contributed by atoms with Crippen LogP contribution in [0.4, 0.5) is 0 Å². The van der Waals surface area contributed by atoms with Crippen LogP contribution in [0.15, 0.2) is 60.8 Å². The van der Waals surface area contributed by atoms with E-state index in [9.17, 15) is 63.0 Å². The van der Waals surface area contributed by atoms with E-state index in [0.717, 1.165) is 0 Å². The molecule has 0 aliphatic carbocycles. The third kappa shape index (κ3) is 17.9. The normalized spacial score (nSPS) is 14.1. The van der Waals surface area contributed by atoms with Gasteiger partial charge >= 0.3 is 17.9 Å². The molecule has 24 heteroatoms. The third-order valence-electron chi connectivity index (χ3n) is 9.63. The van der Waals surface area contributed by atoms with E-state index in [0.29, 0.717) is 28.3 Å². The van der Waals surface area contributed by atoms with Gasteiger partial charge < -0.3 is 74.2 Å². The number of carboxylic acid groups (broad SMARTS) is 3. The highest BCUT2D eigenvalue weighted by molar-refractivity contribution is 5.96. The Morgan fingerprint density at radius 3 is 1.83 bits per heavy atom. The lowest BCUT2D eigenvalue weighted by molar-refractivity contribution is -0.144. The van der Waals surface area contributed by atoms with Crippen molar-refractivity contribution in [2.45, 2.75) is 100 Å². The van der Waals surface area contributed by atoms with Crippen molar-refractivity contribution in [1.29, 1.82) is 0 Å². The molecule has 0 radical (unpaired) electrons. The summed E-state index contributed by atoms with van der Waals surface area (Å²) in [6.45, 7) is 0. The maximum atomic E-state index is 13.8. The van der Waals surface area contributed by atoms with Gasteiger partial charge in [0.1, 0.15) is 30.5 Å². The number of fused-ring (bicyclic) bond motifs is 1. The van der Waals surface area contributed by atoms with Crippen LogP contribution in [0, 0.1) is 0 Å². The highest BCUT2D eigenvalue weighted by atomic mass is 16.4. The van der Waals surface area contributed by atoms with Crippen LogP contribution in [0.1, 0.15) is 56.1 Å². The van der Waals surface area contributed by atoms with Gasteiger partial charge in [-0.2, -0.15) is 0 Å². The fourth-order valence-corrected chi connectivity index (χ4v) is 6.34. The average molecular weight is 909 g/mol. The summed E-state index contributed by atoms with van der Waals surface area (Å²) in [4.78, 5) is 140. The van der Waals surface area contributed by atoms with Crippen molar-refractivity contribution in [2.24, 2.45) is 17.2 Å². The second-order valence-electron chi connectivity index (χ2n) is 14.9. The van der Waals surface area contributed by atoms with Crippen molar-refractivity contribution in [3.05, 3.63) is 71.9 Å². The lowest BCUT2D eigenvalue weighted by Gasteiger charge is -2.24. The SMILES string of the molecule is NC(=O)CC[C@H](NC(=O)[C@@H](N)CCC(=O)O)C(=O)N[C@H](CC(=O)N[C@H](N)CC(=O)N[C@@H](Cc1c[nH]c2ccccc12)C(=O)N[C@@H](CC(=O)O)C(=O)N[C@H](C=O)Cc1ccccc1)C(=O)O. The molecule has 0 aliphatic heterocycles. The fraction of sp³-hybridized carbons (Fsp3) is 0.390. The number of amides is 7. The minimum Gasteiger partial charge on any atom is -0.481 e. The predicted octanol–water partition coefficient (Wildman–Crippen LogP) is -3.23. The van der Waals surface area contributed by atoms with Crippen molar-refractivity contribution < 1.29 is 68.1 Å². The Hall–Kier alpha value is -7.73. The molecule has 350 valence electrons. The molecule has 7 amide bonds. The Kier molecular flexibility index (Phi) is 20.2. The van der Waals surface area contributed by atoms with E-state index >= 15 is 0 Å². The van der Waals surface area contributed by atoms with Crippen LogP contribution in [-0.4, -0.2) is 128 Å². The Bertz CT molecular complexity index is 2220. The zero-order valence-electron chi connectivity index (χ0n) is 34.8. The predicted molar refractivity (Wildman–Crippen MR) is 226 cm³/mol. The van der Waals surface area contributed by atoms with E-state index in [-0.39, 0.29) is 19.3 Å². The van der Waals surface area contributed by atoms with E-state index in [1.165, 1.54) is 0 Å². The van der Waals surface area contributed by atoms with Crippen molar-refractivity contribution in [3.63, 3.8) is 0 Å². The van der Waals surface area contributed by atoms with E-state index in [2.05, 4.69) is 36.9 Å². The summed E-state index contributed by atoms with van der Waals surface area (Å²) in [6.07, 6.45) is -3.85. The van der Waals surface area contributed by atoms with Gasteiger partial charge in [0.2, 0.25) is 41.4 Å². The first-order chi connectivity index (χ1) is 30.8. The lowest BCUT2D eigenvalue weighted by Crippen LogP contribution is -2.57. The summed E-state index contributed by atoms with van der Waals surface area (Å²) in [5.41, 5.74) is 18.8. The van der Waals surface area contributed by atoms with Gasteiger partial charge in [-0.15, -0.1) is 0 Å². The van der Waals surface area contributed by atoms with Gasteiger partial charge in [-0.25, -0.2) is 4.79 Å². The maximum absolute atomic E-state index is 13.8. The number of aldehydes is 1. The highest BCUT2D eigenvalue weighted by Crippen LogP contribution is 2.19. The monoisotopic (exact) mass is 908 g/mol. The number of rotatable bonds is 28. The molecule has 0 spiro atoms. The Morgan fingerprint density at radius 1 is 0.600 bits per heavy atom. The van der Waals surface area contributed by atoms with Crippen LogP contribution in [0.25, 0.3) is 10.9 Å². The number of aromatic amines is 1. The number of nitrogens with two attached hydrogens (primary N) is 3. The van der Waals surface area contributed by atoms with Crippen molar-refractivity contribution in [1.82, 2.24) is 36.9 Å². The molecule has 24 nitrogen and oxygen atoms in total. The Morgan fingerprint density at radius 2 is 1.20 bits per heavy atom. The molecule has 3 rings (SSSR count). The topological polar surface area (TPSA) is 414 Å². The zero-order chi connectivity index (χ0) is 48.2. The number of benzene rings is 2. The summed E-state index contributed by atoms with van der Waals surface area (Å²) >= 11 is 0. The van der Waals surface area contributed by atoms with Gasteiger partial charge in [0.05, 0.1) is 37.5 Å². The molecular formula is C41H52N10O14. The van der Waals surface area contributed by atoms with Crippen LogP contribution in [0.3, 0.4) is 0 Å². The lowest BCUT2D eigenvalue weighted by atomic mass is 10.0. The number of primary amides is 1. The standard InChI is InChI=1S/C41H52N10O14/c42-25(10-13-35(56)57)37(60)48-27(11-12-32(44)53)38(61)50-30(41(64)65)16-33(54)51-31(43)18-34(55)47-28(15-22-19-45-26-9-5-4-8-24(22)26)40(63)49-29(17-36(58)59)39(62)46-23(20-52)14-21-6-2-1-3-7-21/h1-9,19-20,23,25,27-31,45H,10-18,42-43H2,(H2,44,53)(H,46,62)(H,47,55)(H,48,60)(H,49,63)(H,50,61)(H,51,54)(H,56,57)(H,58,59)(H,64,65)/t23-,25-,27-,28-,29-,30+,31-/m0/s1. The number of carbonyl (C=O) groups is 11. The quantitative estimate of drug-likeness (QED) is 0.0252. The summed E-state index contributed by atoms with van der Waals surface area (Å²) in [6, 6.07) is 6.41. The number of hydrogen-bond donors (Lipinski definition) is 13. The van der Waals surface area contributed by atoms with Crippen LogP contribution in [0.2, 0.25) is 0 Å². The molecule has 2 aromatic carbocycles. The maximum Gasteiger partial charge on any atom is 0.326 e. The first-order valence-electron chi connectivity index (χ1n) is 20.1. The number of aromatic nitrogens is 1. The van der Waals surface area contributed by atoms with Crippen LogP contribution < -0.4 is 49.1 Å². The molecule has 0 saturated carbocycles. The second kappa shape index (κ2) is 25.4. The van der Waals surface area contributed by atoms with Crippen LogP contribution >= 0.6 is 0 Å². The van der Waals surface area contributed by atoms with E-state index in [1.54, 1.807) is 60.8 Å². The Balaban J connectivity index is 1.72. The van der Waals surface area contributed by atoms with E-state index in [4.69, 9.17) is 22.3 Å². The van der Waals surface area contributed by atoms with Crippen LogP contribution in [-0.2, 0) is 65.6 Å². The van der Waals surface area contributed by atoms with Crippen molar-refractivity contribution in [3.8, 4) is 0 Å². The van der Waals surface area contributed by atoms with Gasteiger partial charge in [0.25, 0.3) is 0 Å². The molecule has 0 saturated heterocycles. The van der Waals surface area contributed by atoms with Gasteiger partial charge in [-0.3, -0.25) is 43.2 Å². The smallest absolute Gasteiger partial charge is 0.326 e. The van der Waals surface area contributed by atoms with Gasteiger partial charge in [0, 0.05) is 36.4 Å². The first-order valence-corrected chi connectivity index (χ1v) is 20.1. The van der Waals surface area contributed by atoms with Gasteiger partial charge in [0.15, 0.2) is 0 Å². The summed E-state index contributed by atoms with van der Waals surface area (Å²) < 4.78 is 0. The average Bonchev–Trinajstić information content (AvgIpc) is 3.65. The molecule has 7 atom stereocenters. The van der Waals surface area contributed by atoms with Gasteiger partial charge in [-0.1, -0.05) is 48.5 Å². The number of carboxylic acids is 3. The third-order valence-corrected chi connectivity index (χ3v) is 9.63. The molecular weight excluding hydrogens is 857 g/mol. The number of aliphatic carboxylic acids is 3. The largest absolute Gasteiger partial charge is 0.481 e. The summed E-state index contributed by atoms with van der Waals surface area (Å²) in [7, 11) is 0.